The highest BCUT2D eigenvalue weighted by atomic mass is 32.2. The molecule has 3 aromatic rings. The van der Waals surface area contributed by atoms with Crippen LogP contribution in [0.3, 0.4) is 0 Å². The Hall–Kier alpha value is -4.16. The smallest absolute Gasteiger partial charge is 0.251 e. The molecule has 62 heavy (non-hydrogen) atoms. The monoisotopic (exact) mass is 880 g/mol. The average Bonchev–Trinajstić information content (AvgIpc) is 3.59. The molecule has 14 nitrogen and oxygen atoms in total. The van der Waals surface area contributed by atoms with Crippen molar-refractivity contribution in [3.05, 3.63) is 83.2 Å². The van der Waals surface area contributed by atoms with Gasteiger partial charge in [0.15, 0.2) is 0 Å². The molecule has 4 aliphatic rings. The van der Waals surface area contributed by atoms with Crippen LogP contribution < -0.4 is 25.0 Å². The molecule has 16 heteroatoms. The maximum absolute atomic E-state index is 16.2. The Labute approximate surface area is 366 Å². The number of benzene rings is 3. The second kappa shape index (κ2) is 18.9. The number of hydroxylamine groups is 2. The van der Waals surface area contributed by atoms with E-state index in [0.717, 1.165) is 19.1 Å². The van der Waals surface area contributed by atoms with Gasteiger partial charge in [0.05, 0.1) is 44.7 Å². The van der Waals surface area contributed by atoms with Gasteiger partial charge in [0, 0.05) is 55.0 Å². The zero-order valence-electron chi connectivity index (χ0n) is 37.6. The number of rotatable bonds is 17. The van der Waals surface area contributed by atoms with Crippen LogP contribution >= 0.6 is 0 Å². The average molecular weight is 881 g/mol. The maximum atomic E-state index is 16.2. The summed E-state index contributed by atoms with van der Waals surface area (Å²) in [6.45, 7) is 7.87. The van der Waals surface area contributed by atoms with Gasteiger partial charge in [0.2, 0.25) is 15.9 Å². The summed E-state index contributed by atoms with van der Waals surface area (Å²) in [5.41, 5.74) is 2.85. The standard InChI is InChI=1S/C46H65FN6O8S/c1-26-35-21-31(46(35,3)4)22-37(26)48-45(57)42-40(27(2)55)39(25-54)61-53(42)23-34-36(47)17-16-33(43(34)60-9)29-18-30(20-32(19-29)52(7)8)44(56)49-38(24-51(5)6)41(50-62(10,58)59)28-14-12-11-13-15-28/h11-20,26-27,31,35,37-42,50,54-55H,21-25H2,1-10H3,(H,48,57)(H,49,56)/t26-,27-,31-,35+,37-,38+,39-,40+,41?,42-/m0/s1. The van der Waals surface area contributed by atoms with E-state index in [9.17, 15) is 28.2 Å². The van der Waals surface area contributed by atoms with Gasteiger partial charge in [0.1, 0.15) is 23.7 Å². The van der Waals surface area contributed by atoms with Gasteiger partial charge in [-0.3, -0.25) is 14.4 Å². The van der Waals surface area contributed by atoms with E-state index in [1.807, 2.05) is 50.1 Å². The molecule has 3 aromatic carbocycles. The number of fused-ring (bicyclic) bond motifs is 2. The predicted octanol–water partition coefficient (Wildman–Crippen LogP) is 4.18. The minimum atomic E-state index is -3.70. The number of halogens is 1. The van der Waals surface area contributed by atoms with Gasteiger partial charge in [-0.25, -0.2) is 17.5 Å². The summed E-state index contributed by atoms with van der Waals surface area (Å²) in [5, 5.41) is 29.1. The van der Waals surface area contributed by atoms with Crippen molar-refractivity contribution in [2.75, 3.05) is 59.6 Å². The number of carbonyl (C=O) groups excluding carboxylic acids is 2. The van der Waals surface area contributed by atoms with Crippen molar-refractivity contribution in [2.45, 2.75) is 83.5 Å². The Bertz CT molecular complexity index is 2190. The van der Waals surface area contributed by atoms with Crippen LogP contribution in [-0.4, -0.2) is 125 Å². The van der Waals surface area contributed by atoms with Crippen LogP contribution in [0.5, 0.6) is 5.75 Å². The zero-order chi connectivity index (χ0) is 45.4. The Kier molecular flexibility index (Phi) is 14.4. The summed E-state index contributed by atoms with van der Waals surface area (Å²) in [5.74, 6) is -0.924. The van der Waals surface area contributed by atoms with E-state index >= 15 is 4.39 Å². The van der Waals surface area contributed by atoms with E-state index in [4.69, 9.17) is 9.57 Å². The van der Waals surface area contributed by atoms with Gasteiger partial charge in [-0.2, -0.15) is 5.06 Å². The molecule has 3 saturated carbocycles. The maximum Gasteiger partial charge on any atom is 0.251 e. The lowest BCUT2D eigenvalue weighted by molar-refractivity contribution is -0.183. The fraction of sp³-hybridized carbons (Fsp3) is 0.565. The van der Waals surface area contributed by atoms with Crippen LogP contribution in [-0.2, 0) is 26.2 Å². The van der Waals surface area contributed by atoms with E-state index in [1.165, 1.54) is 18.2 Å². The van der Waals surface area contributed by atoms with Gasteiger partial charge in [-0.05, 0) is 98.5 Å². The molecular weight excluding hydrogens is 816 g/mol. The van der Waals surface area contributed by atoms with Crippen LogP contribution in [0, 0.1) is 34.9 Å². The number of likely N-dealkylation sites (N-methyl/N-ethyl adjacent to an activating group) is 1. The second-order valence-electron chi connectivity index (χ2n) is 18.6. The largest absolute Gasteiger partial charge is 0.496 e. The lowest BCUT2D eigenvalue weighted by Gasteiger charge is -2.62. The van der Waals surface area contributed by atoms with Crippen molar-refractivity contribution < 1.29 is 42.2 Å². The minimum Gasteiger partial charge on any atom is -0.496 e. The molecule has 3 aliphatic carbocycles. The molecule has 0 aromatic heterocycles. The summed E-state index contributed by atoms with van der Waals surface area (Å²) >= 11 is 0. The Morgan fingerprint density at radius 1 is 1.06 bits per heavy atom. The predicted molar refractivity (Wildman–Crippen MR) is 237 cm³/mol. The zero-order valence-corrected chi connectivity index (χ0v) is 38.4. The van der Waals surface area contributed by atoms with Crippen LogP contribution in [0.15, 0.2) is 60.7 Å². The minimum absolute atomic E-state index is 0.0737. The highest BCUT2D eigenvalue weighted by molar-refractivity contribution is 7.88. The fourth-order valence-electron chi connectivity index (χ4n) is 10.2. The molecule has 7 rings (SSSR count). The normalized spacial score (nSPS) is 26.0. The van der Waals surface area contributed by atoms with Crippen molar-refractivity contribution in [1.82, 2.24) is 25.3 Å². The molecule has 2 amide bonds. The third-order valence-corrected chi connectivity index (χ3v) is 14.3. The number of amides is 2. The van der Waals surface area contributed by atoms with E-state index in [-0.39, 0.29) is 46.7 Å². The summed E-state index contributed by atoms with van der Waals surface area (Å²) in [6.07, 6.45) is 1.08. The first-order chi connectivity index (χ1) is 29.1. The highest BCUT2D eigenvalue weighted by Gasteiger charge is 2.57. The molecule has 5 N–H and O–H groups in total. The number of carbonyl (C=O) groups is 2. The summed E-state index contributed by atoms with van der Waals surface area (Å²) < 4.78 is 50.1. The molecule has 1 unspecified atom stereocenters. The Balaban J connectivity index is 1.34. The van der Waals surface area contributed by atoms with Crippen molar-refractivity contribution in [1.29, 1.82) is 0 Å². The van der Waals surface area contributed by atoms with Gasteiger partial charge in [0.25, 0.3) is 5.91 Å². The van der Waals surface area contributed by atoms with Gasteiger partial charge in [-0.15, -0.1) is 0 Å². The van der Waals surface area contributed by atoms with Crippen LogP contribution in [0.1, 0.15) is 68.1 Å². The molecule has 10 atom stereocenters. The van der Waals surface area contributed by atoms with Crippen molar-refractivity contribution in [3.8, 4) is 16.9 Å². The van der Waals surface area contributed by atoms with Crippen molar-refractivity contribution >= 4 is 27.5 Å². The number of aliphatic hydroxyl groups is 2. The van der Waals surface area contributed by atoms with Crippen LogP contribution in [0.25, 0.3) is 11.1 Å². The van der Waals surface area contributed by atoms with E-state index in [1.54, 1.807) is 49.4 Å². The summed E-state index contributed by atoms with van der Waals surface area (Å²) in [7, 11) is 5.04. The second-order valence-corrected chi connectivity index (χ2v) is 20.4. The van der Waals surface area contributed by atoms with Gasteiger partial charge >= 0.3 is 0 Å². The number of anilines is 1. The molecule has 1 heterocycles. The molecule has 2 bridgehead atoms. The third kappa shape index (κ3) is 9.96. The molecule has 0 spiro atoms. The van der Waals surface area contributed by atoms with Crippen LogP contribution in [0.4, 0.5) is 10.1 Å². The van der Waals surface area contributed by atoms with Gasteiger partial charge < -0.3 is 35.4 Å². The number of nitrogens with one attached hydrogen (secondary N) is 3. The molecule has 4 fully saturated rings. The Morgan fingerprint density at radius 2 is 1.76 bits per heavy atom. The number of hydrogen-bond acceptors (Lipinski definition) is 11. The molecule has 340 valence electrons. The SMILES string of the molecule is COc1c(-c2cc(C(=O)N[C@H](CN(C)C)C(NS(C)(=O)=O)c3ccccc3)cc(N(C)C)c2)ccc(F)c1CN1O[C@@H](CO)[C@@H]([C@H](C)O)[C@H]1C(=O)N[C@H]1C[C@@H]2C[C@H]([C@@H]1C)C2(C)C. The number of methoxy groups -OCH3 is 1. The topological polar surface area (TPSA) is 173 Å². The van der Waals surface area contributed by atoms with Crippen molar-refractivity contribution in [3.63, 3.8) is 0 Å². The first kappa shape index (κ1) is 47.3. The van der Waals surface area contributed by atoms with Crippen LogP contribution in [0.2, 0.25) is 0 Å². The van der Waals surface area contributed by atoms with E-state index in [0.29, 0.717) is 40.8 Å². The van der Waals surface area contributed by atoms with E-state index < -0.39 is 64.6 Å². The Morgan fingerprint density at radius 3 is 2.32 bits per heavy atom. The lowest BCUT2D eigenvalue weighted by atomic mass is 9.45. The molecular formula is C46H65FN6O8S. The first-order valence-corrected chi connectivity index (χ1v) is 23.2. The fourth-order valence-corrected chi connectivity index (χ4v) is 10.9. The highest BCUT2D eigenvalue weighted by Crippen LogP contribution is 2.61. The van der Waals surface area contributed by atoms with Crippen molar-refractivity contribution in [2.24, 2.45) is 29.1 Å². The number of nitrogens with zero attached hydrogens (tertiary/aromatic N) is 3. The molecule has 0 radical (unpaired) electrons. The third-order valence-electron chi connectivity index (χ3n) is 13.6. The summed E-state index contributed by atoms with van der Waals surface area (Å²) in [6, 6.07) is 14.5. The number of ether oxygens (including phenoxy) is 1. The summed E-state index contributed by atoms with van der Waals surface area (Å²) in [4.78, 5) is 38.6. The number of hydrogen-bond donors (Lipinski definition) is 5. The van der Waals surface area contributed by atoms with E-state index in [2.05, 4.69) is 36.1 Å². The quantitative estimate of drug-likeness (QED) is 0.132. The molecule has 1 saturated heterocycles. The molecule has 1 aliphatic heterocycles. The lowest BCUT2D eigenvalue weighted by Crippen LogP contribution is -2.62. The van der Waals surface area contributed by atoms with Gasteiger partial charge in [-0.1, -0.05) is 51.1 Å². The number of aliphatic hydroxyl groups excluding tert-OH is 2. The first-order valence-electron chi connectivity index (χ1n) is 21.3. The number of sulfonamides is 1.